The summed E-state index contributed by atoms with van der Waals surface area (Å²) in [4.78, 5) is 10.1. The lowest BCUT2D eigenvalue weighted by atomic mass is 9.91. The van der Waals surface area contributed by atoms with Gasteiger partial charge in [0.2, 0.25) is 0 Å². The quantitative estimate of drug-likeness (QED) is 0.387. The zero-order chi connectivity index (χ0) is 25.9. The van der Waals surface area contributed by atoms with Crippen LogP contribution in [0, 0.1) is 12.8 Å². The van der Waals surface area contributed by atoms with E-state index in [1.165, 1.54) is 29.7 Å². The smallest absolute Gasteiger partial charge is 0.160 e. The molecule has 0 N–H and O–H groups in total. The summed E-state index contributed by atoms with van der Waals surface area (Å²) in [5.41, 5.74) is 6.12. The molecule has 0 amide bonds. The summed E-state index contributed by atoms with van der Waals surface area (Å²) in [6.07, 6.45) is 7.42. The van der Waals surface area contributed by atoms with Gasteiger partial charge in [0.05, 0.1) is 23.6 Å². The van der Waals surface area contributed by atoms with Gasteiger partial charge in [0.15, 0.2) is 5.65 Å². The predicted molar refractivity (Wildman–Crippen MR) is 150 cm³/mol. The molecule has 2 aliphatic rings. The highest BCUT2D eigenvalue weighted by Crippen LogP contribution is 2.30. The van der Waals surface area contributed by atoms with Gasteiger partial charge in [-0.3, -0.25) is 9.80 Å². The van der Waals surface area contributed by atoms with Gasteiger partial charge in [0.25, 0.3) is 0 Å². The van der Waals surface area contributed by atoms with E-state index in [-0.39, 0.29) is 0 Å². The third-order valence-electron chi connectivity index (χ3n) is 8.40. The van der Waals surface area contributed by atoms with Crippen LogP contribution < -0.4 is 0 Å². The van der Waals surface area contributed by atoms with Crippen LogP contribution in [0.3, 0.4) is 0 Å². The van der Waals surface area contributed by atoms with Gasteiger partial charge >= 0.3 is 0 Å². The van der Waals surface area contributed by atoms with E-state index in [9.17, 15) is 0 Å². The number of ether oxygens (including phenoxy) is 1. The molecule has 0 bridgehead atoms. The molecule has 4 heterocycles. The van der Waals surface area contributed by atoms with Crippen molar-refractivity contribution < 1.29 is 4.74 Å². The molecule has 1 aromatic carbocycles. The maximum Gasteiger partial charge on any atom is 0.160 e. The number of aryl methyl sites for hydroxylation is 1. The largest absolute Gasteiger partial charge is 0.376 e. The lowest BCUT2D eigenvalue weighted by Gasteiger charge is -2.37. The van der Waals surface area contributed by atoms with Gasteiger partial charge < -0.3 is 4.74 Å². The van der Waals surface area contributed by atoms with Crippen LogP contribution in [0.4, 0.5) is 0 Å². The molecular weight excluding hydrogens is 458 g/mol. The highest BCUT2D eigenvalue weighted by molar-refractivity contribution is 5.51. The third-order valence-corrected chi connectivity index (χ3v) is 8.40. The molecule has 3 aromatic rings. The number of benzene rings is 1. The molecule has 37 heavy (non-hydrogen) atoms. The number of hydrogen-bond donors (Lipinski definition) is 0. The number of piperidine rings is 1. The highest BCUT2D eigenvalue weighted by atomic mass is 16.5. The first kappa shape index (κ1) is 26.3. The average Bonchev–Trinajstić information content (AvgIpc) is 3.18. The molecule has 2 fully saturated rings. The van der Waals surface area contributed by atoms with E-state index in [0.717, 1.165) is 56.9 Å². The first-order chi connectivity index (χ1) is 17.9. The Kier molecular flexibility index (Phi) is 8.28. The second kappa shape index (κ2) is 11.6. The number of hydrogen-bond acceptors (Lipinski definition) is 5. The standard InChI is InChI=1S/C31H45N5O/c1-22(2)35(19-27-16-23(3)37-24(4)17-27)21-29-25(5)33-36-30(13-14-32-31(29)36)28-12-9-15-34(20-28)18-26-10-7-6-8-11-26/h6-8,10-11,13-14,22-24,27-28H,9,12,15-21H2,1-5H3/t23-,24+,27?,28?. The summed E-state index contributed by atoms with van der Waals surface area (Å²) in [5.74, 6) is 1.14. The fourth-order valence-corrected chi connectivity index (χ4v) is 6.58. The zero-order valence-corrected chi connectivity index (χ0v) is 23.4. The molecule has 2 aliphatic heterocycles. The Bertz CT molecular complexity index is 1150. The van der Waals surface area contributed by atoms with Gasteiger partial charge in [0.1, 0.15) is 0 Å². The Labute approximate surface area is 223 Å². The second-order valence-electron chi connectivity index (χ2n) is 11.8. The summed E-state index contributed by atoms with van der Waals surface area (Å²) < 4.78 is 8.17. The Morgan fingerprint density at radius 3 is 2.57 bits per heavy atom. The first-order valence-corrected chi connectivity index (χ1v) is 14.4. The topological polar surface area (TPSA) is 45.9 Å². The lowest BCUT2D eigenvalue weighted by Crippen LogP contribution is -2.40. The van der Waals surface area contributed by atoms with E-state index in [0.29, 0.717) is 30.1 Å². The van der Waals surface area contributed by atoms with Gasteiger partial charge in [-0.25, -0.2) is 9.50 Å². The van der Waals surface area contributed by atoms with Crippen LogP contribution >= 0.6 is 0 Å². The van der Waals surface area contributed by atoms with Crippen molar-refractivity contribution in [2.75, 3.05) is 19.6 Å². The van der Waals surface area contributed by atoms with Crippen LogP contribution in [0.15, 0.2) is 42.6 Å². The van der Waals surface area contributed by atoms with Crippen molar-refractivity contribution >= 4 is 5.65 Å². The molecule has 0 aliphatic carbocycles. The number of nitrogens with zero attached hydrogens (tertiary/aromatic N) is 5. The normalized spacial score (nSPS) is 25.4. The molecule has 2 saturated heterocycles. The Morgan fingerprint density at radius 1 is 1.08 bits per heavy atom. The van der Waals surface area contributed by atoms with Crippen LogP contribution in [0.5, 0.6) is 0 Å². The van der Waals surface area contributed by atoms with Crippen LogP contribution in [-0.2, 0) is 17.8 Å². The van der Waals surface area contributed by atoms with Gasteiger partial charge in [0, 0.05) is 49.9 Å². The van der Waals surface area contributed by atoms with Crippen LogP contribution in [0.2, 0.25) is 0 Å². The minimum atomic E-state index is 0.350. The molecule has 6 nitrogen and oxygen atoms in total. The van der Waals surface area contributed by atoms with Crippen molar-refractivity contribution in [3.8, 4) is 0 Å². The maximum atomic E-state index is 6.01. The molecule has 5 rings (SSSR count). The number of aromatic nitrogens is 3. The summed E-state index contributed by atoms with van der Waals surface area (Å²) in [5, 5.41) is 5.07. The van der Waals surface area contributed by atoms with Gasteiger partial charge in [-0.1, -0.05) is 30.3 Å². The summed E-state index contributed by atoms with van der Waals surface area (Å²) in [7, 11) is 0. The fraction of sp³-hybridized carbons (Fsp3) is 0.613. The van der Waals surface area contributed by atoms with E-state index in [2.05, 4.69) is 85.3 Å². The summed E-state index contributed by atoms with van der Waals surface area (Å²) >= 11 is 0. The molecule has 2 unspecified atom stereocenters. The number of rotatable bonds is 8. The molecule has 2 aromatic heterocycles. The monoisotopic (exact) mass is 503 g/mol. The zero-order valence-electron chi connectivity index (χ0n) is 23.4. The van der Waals surface area contributed by atoms with Crippen molar-refractivity contribution in [2.24, 2.45) is 5.92 Å². The SMILES string of the molecule is Cc1nn2c(C3CCCN(Cc4ccccc4)C3)ccnc2c1CN(CC1C[C@@H](C)O[C@@H](C)C1)C(C)C. The molecule has 4 atom stereocenters. The number of fused-ring (bicyclic) bond motifs is 1. The summed E-state index contributed by atoms with van der Waals surface area (Å²) in [6, 6.07) is 13.5. The van der Waals surface area contributed by atoms with Crippen molar-refractivity contribution in [1.29, 1.82) is 0 Å². The Balaban J connectivity index is 1.35. The first-order valence-electron chi connectivity index (χ1n) is 14.4. The van der Waals surface area contributed by atoms with Crippen molar-refractivity contribution in [1.82, 2.24) is 24.4 Å². The highest BCUT2D eigenvalue weighted by Gasteiger charge is 2.29. The molecule has 200 valence electrons. The van der Waals surface area contributed by atoms with Gasteiger partial charge in [-0.2, -0.15) is 5.10 Å². The lowest BCUT2D eigenvalue weighted by molar-refractivity contribution is -0.0592. The minimum absolute atomic E-state index is 0.350. The maximum absolute atomic E-state index is 6.01. The average molecular weight is 504 g/mol. The molecule has 0 spiro atoms. The molecule has 0 radical (unpaired) electrons. The van der Waals surface area contributed by atoms with Crippen molar-refractivity contribution in [3.05, 3.63) is 65.1 Å². The Hall–Kier alpha value is -2.28. The molecule has 0 saturated carbocycles. The van der Waals surface area contributed by atoms with Gasteiger partial charge in [-0.15, -0.1) is 0 Å². The Morgan fingerprint density at radius 2 is 1.84 bits per heavy atom. The summed E-state index contributed by atoms with van der Waals surface area (Å²) in [6.45, 7) is 16.5. The van der Waals surface area contributed by atoms with E-state index < -0.39 is 0 Å². The fourth-order valence-electron chi connectivity index (χ4n) is 6.58. The second-order valence-corrected chi connectivity index (χ2v) is 11.8. The van der Waals surface area contributed by atoms with Crippen molar-refractivity contribution in [3.63, 3.8) is 0 Å². The van der Waals surface area contributed by atoms with E-state index >= 15 is 0 Å². The molecular formula is C31H45N5O. The predicted octanol–water partition coefficient (Wildman–Crippen LogP) is 5.83. The van der Waals surface area contributed by atoms with E-state index in [1.54, 1.807) is 0 Å². The molecule has 6 heteroatoms. The van der Waals surface area contributed by atoms with Crippen molar-refractivity contribution in [2.45, 2.75) is 97.6 Å². The van der Waals surface area contributed by atoms with E-state index in [4.69, 9.17) is 14.8 Å². The van der Waals surface area contributed by atoms with Crippen LogP contribution in [0.1, 0.15) is 81.8 Å². The third kappa shape index (κ3) is 6.24. The number of likely N-dealkylation sites (tertiary alicyclic amines) is 1. The van der Waals surface area contributed by atoms with Crippen LogP contribution in [-0.4, -0.2) is 62.3 Å². The van der Waals surface area contributed by atoms with E-state index in [1.807, 2.05) is 6.20 Å². The van der Waals surface area contributed by atoms with Crippen LogP contribution in [0.25, 0.3) is 5.65 Å². The minimum Gasteiger partial charge on any atom is -0.376 e. The van der Waals surface area contributed by atoms with Gasteiger partial charge in [-0.05, 0) is 84.4 Å².